The van der Waals surface area contributed by atoms with Gasteiger partial charge in [-0.1, -0.05) is 77.8 Å². The van der Waals surface area contributed by atoms with Crippen LogP contribution in [-0.4, -0.2) is 39.1 Å². The lowest BCUT2D eigenvalue weighted by Gasteiger charge is -2.26. The summed E-state index contributed by atoms with van der Waals surface area (Å²) in [5.74, 6) is -0.242. The van der Waals surface area contributed by atoms with Crippen LogP contribution < -0.4 is 5.32 Å². The van der Waals surface area contributed by atoms with E-state index in [-0.39, 0.29) is 24.4 Å². The van der Waals surface area contributed by atoms with Gasteiger partial charge in [0.25, 0.3) is 5.91 Å². The predicted octanol–water partition coefficient (Wildman–Crippen LogP) is 6.34. The summed E-state index contributed by atoms with van der Waals surface area (Å²) in [5, 5.41) is 8.43. The van der Waals surface area contributed by atoms with Gasteiger partial charge < -0.3 is 10.2 Å². The third-order valence-corrected chi connectivity index (χ3v) is 6.08. The van der Waals surface area contributed by atoms with Gasteiger partial charge in [0.05, 0.1) is 27.0 Å². The molecule has 1 aromatic heterocycles. The number of amides is 2. The van der Waals surface area contributed by atoms with Gasteiger partial charge in [0.15, 0.2) is 0 Å². The zero-order chi connectivity index (χ0) is 24.9. The molecule has 0 spiro atoms. The summed E-state index contributed by atoms with van der Waals surface area (Å²) >= 11 is 12.7. The van der Waals surface area contributed by atoms with Crippen molar-refractivity contribution < 1.29 is 9.59 Å². The average molecular weight is 507 g/mol. The highest BCUT2D eigenvalue weighted by atomic mass is 35.5. The molecule has 8 heteroatoms. The van der Waals surface area contributed by atoms with Crippen LogP contribution in [0.4, 0.5) is 5.82 Å². The molecule has 0 atom stereocenters. The number of aromatic nitrogens is 2. The molecular weight excluding hydrogens is 483 g/mol. The quantitative estimate of drug-likeness (QED) is 0.318. The zero-order valence-electron chi connectivity index (χ0n) is 19.3. The zero-order valence-corrected chi connectivity index (χ0v) is 20.8. The maximum absolute atomic E-state index is 13.2. The van der Waals surface area contributed by atoms with Crippen molar-refractivity contribution >= 4 is 40.8 Å². The Kier molecular flexibility index (Phi) is 7.54. The average Bonchev–Trinajstić information content (AvgIpc) is 3.26. The van der Waals surface area contributed by atoms with Crippen LogP contribution in [0.25, 0.3) is 16.9 Å². The van der Waals surface area contributed by atoms with Crippen molar-refractivity contribution in [2.24, 2.45) is 0 Å². The van der Waals surface area contributed by atoms with Gasteiger partial charge in [0, 0.05) is 17.7 Å². The summed E-state index contributed by atoms with van der Waals surface area (Å²) in [6.07, 6.45) is 0. The van der Waals surface area contributed by atoms with E-state index in [4.69, 9.17) is 28.3 Å². The van der Waals surface area contributed by atoms with Gasteiger partial charge in [0.2, 0.25) is 5.91 Å². The molecule has 2 amide bonds. The first-order valence-electron chi connectivity index (χ1n) is 11.1. The Morgan fingerprint density at radius 2 is 1.54 bits per heavy atom. The van der Waals surface area contributed by atoms with E-state index < -0.39 is 0 Å². The molecule has 0 aliphatic carbocycles. The Hall–Kier alpha value is -3.61. The van der Waals surface area contributed by atoms with E-state index in [1.165, 1.54) is 4.90 Å². The molecule has 0 aliphatic heterocycles. The maximum Gasteiger partial charge on any atom is 0.256 e. The second kappa shape index (κ2) is 10.8. The summed E-state index contributed by atoms with van der Waals surface area (Å²) in [5.41, 5.74) is 2.54. The summed E-state index contributed by atoms with van der Waals surface area (Å²) in [7, 11) is 0. The molecule has 4 rings (SSSR count). The second-order valence-electron chi connectivity index (χ2n) is 8.20. The number of carbonyl (C=O) groups excluding carboxylic acids is 2. The van der Waals surface area contributed by atoms with Crippen molar-refractivity contribution in [3.63, 3.8) is 0 Å². The first-order valence-corrected chi connectivity index (χ1v) is 11.9. The molecule has 1 N–H and O–H groups in total. The molecule has 1 heterocycles. The van der Waals surface area contributed by atoms with E-state index in [0.29, 0.717) is 32.8 Å². The predicted molar refractivity (Wildman–Crippen MR) is 140 cm³/mol. The highest BCUT2D eigenvalue weighted by Crippen LogP contribution is 2.28. The van der Waals surface area contributed by atoms with Crippen molar-refractivity contribution in [3.05, 3.63) is 101 Å². The number of carbonyl (C=O) groups is 2. The molecule has 6 nitrogen and oxygen atoms in total. The first-order chi connectivity index (χ1) is 16.8. The molecule has 0 fully saturated rings. The number of nitrogens with zero attached hydrogens (tertiary/aromatic N) is 3. The Labute approximate surface area is 214 Å². The van der Waals surface area contributed by atoms with Crippen molar-refractivity contribution in [2.75, 3.05) is 11.9 Å². The van der Waals surface area contributed by atoms with E-state index in [2.05, 4.69) is 5.32 Å². The van der Waals surface area contributed by atoms with Gasteiger partial charge in [-0.05, 0) is 38.1 Å². The summed E-state index contributed by atoms with van der Waals surface area (Å²) < 4.78 is 1.60. The number of hydrogen-bond donors (Lipinski definition) is 1. The van der Waals surface area contributed by atoms with Crippen LogP contribution in [0.1, 0.15) is 24.2 Å². The molecule has 0 saturated carbocycles. The topological polar surface area (TPSA) is 67.2 Å². The van der Waals surface area contributed by atoms with E-state index in [9.17, 15) is 9.59 Å². The number of anilines is 1. The van der Waals surface area contributed by atoms with Gasteiger partial charge in [0.1, 0.15) is 12.4 Å². The number of nitrogens with one attached hydrogen (secondary N) is 1. The van der Waals surface area contributed by atoms with Crippen LogP contribution >= 0.6 is 23.2 Å². The molecule has 0 saturated heterocycles. The molecular formula is C27H24Cl2N4O2. The number of para-hydroxylation sites is 1. The summed E-state index contributed by atoms with van der Waals surface area (Å²) in [6, 6.07) is 25.3. The van der Waals surface area contributed by atoms with E-state index >= 15 is 0 Å². The van der Waals surface area contributed by atoms with Gasteiger partial charge in [-0.2, -0.15) is 5.10 Å². The van der Waals surface area contributed by atoms with Gasteiger partial charge in [-0.15, -0.1) is 0 Å². The molecule has 0 aliphatic rings. The molecule has 4 aromatic rings. The lowest BCUT2D eigenvalue weighted by molar-refractivity contribution is -0.117. The lowest BCUT2D eigenvalue weighted by Crippen LogP contribution is -2.42. The largest absolute Gasteiger partial charge is 0.327 e. The highest BCUT2D eigenvalue weighted by molar-refractivity contribution is 6.34. The minimum Gasteiger partial charge on any atom is -0.327 e. The SMILES string of the molecule is CC(C)N(CC(=O)Nc1cc(-c2ccccc2)nn1-c1ccccc1Cl)C(=O)c1ccccc1Cl. The van der Waals surface area contributed by atoms with Crippen molar-refractivity contribution in [1.29, 1.82) is 0 Å². The van der Waals surface area contributed by atoms with Crippen LogP contribution in [0.15, 0.2) is 84.9 Å². The Morgan fingerprint density at radius 3 is 2.20 bits per heavy atom. The monoisotopic (exact) mass is 506 g/mol. The van der Waals surface area contributed by atoms with Crippen molar-refractivity contribution in [1.82, 2.24) is 14.7 Å². The Morgan fingerprint density at radius 1 is 0.914 bits per heavy atom. The first kappa shape index (κ1) is 24.5. The number of halogens is 2. The number of benzene rings is 3. The minimum absolute atomic E-state index is 0.157. The summed E-state index contributed by atoms with van der Waals surface area (Å²) in [6.45, 7) is 3.54. The van der Waals surface area contributed by atoms with Crippen LogP contribution in [0, 0.1) is 0 Å². The molecule has 0 radical (unpaired) electrons. The lowest BCUT2D eigenvalue weighted by atomic mass is 10.1. The van der Waals surface area contributed by atoms with Crippen molar-refractivity contribution in [3.8, 4) is 16.9 Å². The third kappa shape index (κ3) is 5.56. The molecule has 0 unspecified atom stereocenters. The number of rotatable bonds is 7. The second-order valence-corrected chi connectivity index (χ2v) is 9.01. The van der Waals surface area contributed by atoms with Crippen molar-refractivity contribution in [2.45, 2.75) is 19.9 Å². The third-order valence-electron chi connectivity index (χ3n) is 5.43. The van der Waals surface area contributed by atoms with E-state index in [0.717, 1.165) is 5.56 Å². The van der Waals surface area contributed by atoms with Gasteiger partial charge in [-0.25, -0.2) is 4.68 Å². The fourth-order valence-corrected chi connectivity index (χ4v) is 4.07. The Balaban J connectivity index is 1.64. The minimum atomic E-state index is -0.369. The highest BCUT2D eigenvalue weighted by Gasteiger charge is 2.24. The van der Waals surface area contributed by atoms with Gasteiger partial charge >= 0.3 is 0 Å². The molecule has 3 aromatic carbocycles. The maximum atomic E-state index is 13.2. The molecule has 0 bridgehead atoms. The van der Waals surface area contributed by atoms with E-state index in [1.54, 1.807) is 41.1 Å². The van der Waals surface area contributed by atoms with Crippen LogP contribution in [0.2, 0.25) is 10.0 Å². The van der Waals surface area contributed by atoms with Gasteiger partial charge in [-0.3, -0.25) is 9.59 Å². The fraction of sp³-hybridized carbons (Fsp3) is 0.148. The molecule has 35 heavy (non-hydrogen) atoms. The fourth-order valence-electron chi connectivity index (χ4n) is 3.64. The normalized spacial score (nSPS) is 10.9. The Bertz CT molecular complexity index is 1350. The van der Waals surface area contributed by atoms with E-state index in [1.807, 2.05) is 62.4 Å². The molecule has 178 valence electrons. The summed E-state index contributed by atoms with van der Waals surface area (Å²) in [4.78, 5) is 27.8. The standard InChI is InChI=1S/C27H24Cl2N4O2/c1-18(2)32(27(35)20-12-6-7-13-21(20)28)17-26(34)30-25-16-23(19-10-4-3-5-11-19)31-33(25)24-15-9-8-14-22(24)29/h3-16,18H,17H2,1-2H3,(H,30,34). The smallest absolute Gasteiger partial charge is 0.256 e. The van der Waals surface area contributed by atoms with Crippen LogP contribution in [0.5, 0.6) is 0 Å². The van der Waals surface area contributed by atoms with Crippen LogP contribution in [-0.2, 0) is 4.79 Å². The number of hydrogen-bond acceptors (Lipinski definition) is 3. The van der Waals surface area contributed by atoms with Crippen LogP contribution in [0.3, 0.4) is 0 Å².